The van der Waals surface area contributed by atoms with Crippen molar-refractivity contribution in [2.45, 2.75) is 32.4 Å². The molecule has 0 aromatic heterocycles. The minimum Gasteiger partial charge on any atom is -0.497 e. The quantitative estimate of drug-likeness (QED) is 0.534. The van der Waals surface area contributed by atoms with Gasteiger partial charge < -0.3 is 15.0 Å². The molecule has 1 atom stereocenters. The summed E-state index contributed by atoms with van der Waals surface area (Å²) >= 11 is 0. The van der Waals surface area contributed by atoms with E-state index in [0.29, 0.717) is 11.4 Å². The van der Waals surface area contributed by atoms with Gasteiger partial charge in [-0.2, -0.15) is 0 Å². The number of ether oxygens (including phenoxy) is 1. The summed E-state index contributed by atoms with van der Waals surface area (Å²) in [4.78, 5) is 26.5. The first-order valence-corrected chi connectivity index (χ1v) is 12.3. The zero-order valence-corrected chi connectivity index (χ0v) is 20.1. The van der Waals surface area contributed by atoms with E-state index >= 15 is 0 Å². The summed E-state index contributed by atoms with van der Waals surface area (Å²) < 4.78 is 45.2. The highest BCUT2D eigenvalue weighted by molar-refractivity contribution is 7.92. The number of methoxy groups -OCH3 is 1. The molecule has 2 amide bonds. The van der Waals surface area contributed by atoms with Crippen molar-refractivity contribution in [2.24, 2.45) is 0 Å². The molecule has 0 bridgehead atoms. The van der Waals surface area contributed by atoms with E-state index in [1.165, 1.54) is 29.4 Å². The van der Waals surface area contributed by atoms with Gasteiger partial charge in [0.2, 0.25) is 21.8 Å². The van der Waals surface area contributed by atoms with E-state index in [2.05, 4.69) is 5.32 Å². The van der Waals surface area contributed by atoms with Gasteiger partial charge >= 0.3 is 0 Å². The van der Waals surface area contributed by atoms with Gasteiger partial charge in [-0.05, 0) is 31.5 Å². The topological polar surface area (TPSA) is 96.0 Å². The van der Waals surface area contributed by atoms with Crippen molar-refractivity contribution in [2.75, 3.05) is 31.3 Å². The maximum atomic E-state index is 14.2. The second kappa shape index (κ2) is 11.6. The van der Waals surface area contributed by atoms with Crippen molar-refractivity contribution in [1.29, 1.82) is 0 Å². The molecule has 0 saturated heterocycles. The minimum absolute atomic E-state index is 0.0220. The fourth-order valence-electron chi connectivity index (χ4n) is 3.37. The van der Waals surface area contributed by atoms with Gasteiger partial charge in [-0.3, -0.25) is 13.9 Å². The Hall–Kier alpha value is -3.14. The number of halogens is 1. The standard InChI is InChI=1S/C23H30FN3O5S/c1-17(23(29)25-2)26(16-18-9-5-6-12-21(18)24)22(28)13-8-14-27(33(4,30)31)19-10-7-11-20(15-19)32-3/h5-7,9-12,15,17H,8,13-14,16H2,1-4H3,(H,25,29). The Morgan fingerprint density at radius 3 is 2.45 bits per heavy atom. The summed E-state index contributed by atoms with van der Waals surface area (Å²) in [5.41, 5.74) is 0.710. The highest BCUT2D eigenvalue weighted by atomic mass is 32.2. The van der Waals surface area contributed by atoms with Crippen LogP contribution < -0.4 is 14.4 Å². The number of benzene rings is 2. The summed E-state index contributed by atoms with van der Waals surface area (Å²) in [5.74, 6) is -0.726. The van der Waals surface area contributed by atoms with E-state index in [9.17, 15) is 22.4 Å². The summed E-state index contributed by atoms with van der Waals surface area (Å²) in [6.07, 6.45) is 1.27. The number of hydrogen-bond donors (Lipinski definition) is 1. The van der Waals surface area contributed by atoms with Crippen LogP contribution in [0.4, 0.5) is 10.1 Å². The predicted molar refractivity (Wildman–Crippen MR) is 125 cm³/mol. The van der Waals surface area contributed by atoms with Gasteiger partial charge in [-0.1, -0.05) is 24.3 Å². The lowest BCUT2D eigenvalue weighted by atomic mass is 10.1. The molecule has 1 N–H and O–H groups in total. The number of sulfonamides is 1. The molecular formula is C23H30FN3O5S. The zero-order chi connectivity index (χ0) is 24.6. The van der Waals surface area contributed by atoms with Gasteiger partial charge in [0, 0.05) is 38.2 Å². The number of rotatable bonds is 11. The molecule has 0 aliphatic heterocycles. The SMILES string of the molecule is CNC(=O)C(C)N(Cc1ccccc1F)C(=O)CCCN(c1cccc(OC)c1)S(C)(=O)=O. The Balaban J connectivity index is 2.17. The smallest absolute Gasteiger partial charge is 0.242 e. The van der Waals surface area contributed by atoms with Crippen molar-refractivity contribution in [3.63, 3.8) is 0 Å². The Labute approximate surface area is 194 Å². The Bertz CT molecular complexity index is 1080. The first kappa shape index (κ1) is 26.1. The molecule has 2 rings (SSSR count). The lowest BCUT2D eigenvalue weighted by molar-refractivity contribution is -0.140. The number of carbonyl (C=O) groups excluding carboxylic acids is 2. The van der Waals surface area contributed by atoms with Crippen LogP contribution in [0.3, 0.4) is 0 Å². The number of carbonyl (C=O) groups is 2. The summed E-state index contributed by atoms with van der Waals surface area (Å²) in [7, 11) is -0.662. The molecule has 1 unspecified atom stereocenters. The number of likely N-dealkylation sites (N-methyl/N-ethyl adjacent to an activating group) is 1. The monoisotopic (exact) mass is 479 g/mol. The van der Waals surface area contributed by atoms with E-state index in [1.54, 1.807) is 49.4 Å². The fourth-order valence-corrected chi connectivity index (χ4v) is 4.33. The average molecular weight is 480 g/mol. The molecule has 0 saturated carbocycles. The predicted octanol–water partition coefficient (Wildman–Crippen LogP) is 2.54. The largest absolute Gasteiger partial charge is 0.497 e. The van der Waals surface area contributed by atoms with E-state index in [-0.39, 0.29) is 43.3 Å². The molecule has 0 radical (unpaired) electrons. The molecule has 180 valence electrons. The first-order chi connectivity index (χ1) is 15.6. The Morgan fingerprint density at radius 1 is 1.15 bits per heavy atom. The number of amides is 2. The summed E-state index contributed by atoms with van der Waals surface area (Å²) in [5, 5.41) is 2.50. The second-order valence-corrected chi connectivity index (χ2v) is 9.45. The third kappa shape index (κ3) is 7.18. The van der Waals surface area contributed by atoms with E-state index < -0.39 is 21.9 Å². The maximum Gasteiger partial charge on any atom is 0.242 e. The van der Waals surface area contributed by atoms with Gasteiger partial charge in [-0.25, -0.2) is 12.8 Å². The van der Waals surface area contributed by atoms with Crippen LogP contribution in [0.1, 0.15) is 25.3 Å². The fraction of sp³-hybridized carbons (Fsp3) is 0.391. The zero-order valence-electron chi connectivity index (χ0n) is 19.2. The highest BCUT2D eigenvalue weighted by Crippen LogP contribution is 2.24. The van der Waals surface area contributed by atoms with E-state index in [0.717, 1.165) is 6.26 Å². The van der Waals surface area contributed by atoms with Crippen molar-refractivity contribution in [1.82, 2.24) is 10.2 Å². The van der Waals surface area contributed by atoms with Gasteiger partial charge in [0.25, 0.3) is 0 Å². The van der Waals surface area contributed by atoms with Gasteiger partial charge in [0.1, 0.15) is 17.6 Å². The van der Waals surface area contributed by atoms with Crippen molar-refractivity contribution in [3.05, 3.63) is 59.9 Å². The molecule has 2 aromatic rings. The Kier molecular flexibility index (Phi) is 9.22. The normalized spacial score (nSPS) is 12.0. The van der Waals surface area contributed by atoms with Crippen molar-refractivity contribution < 1.29 is 27.1 Å². The van der Waals surface area contributed by atoms with Crippen LogP contribution >= 0.6 is 0 Å². The average Bonchev–Trinajstić information content (AvgIpc) is 2.79. The second-order valence-electron chi connectivity index (χ2n) is 7.54. The summed E-state index contributed by atoms with van der Waals surface area (Å²) in [6.45, 7) is 1.54. The third-order valence-corrected chi connectivity index (χ3v) is 6.40. The molecule has 33 heavy (non-hydrogen) atoms. The number of nitrogens with zero attached hydrogens (tertiary/aromatic N) is 2. The van der Waals surface area contributed by atoms with Gasteiger partial charge in [0.05, 0.1) is 19.1 Å². The summed E-state index contributed by atoms with van der Waals surface area (Å²) in [6, 6.07) is 11.8. The molecular weight excluding hydrogens is 449 g/mol. The van der Waals surface area contributed by atoms with Crippen LogP contribution in [0.15, 0.2) is 48.5 Å². The third-order valence-electron chi connectivity index (χ3n) is 5.21. The molecule has 8 nitrogen and oxygen atoms in total. The van der Waals surface area contributed by atoms with Gasteiger partial charge in [-0.15, -0.1) is 0 Å². The maximum absolute atomic E-state index is 14.2. The molecule has 0 heterocycles. The lowest BCUT2D eigenvalue weighted by Gasteiger charge is -2.29. The molecule has 10 heteroatoms. The molecule has 0 fully saturated rings. The highest BCUT2D eigenvalue weighted by Gasteiger charge is 2.26. The van der Waals surface area contributed by atoms with Crippen LogP contribution in [-0.2, 0) is 26.2 Å². The van der Waals surface area contributed by atoms with Crippen LogP contribution in [0.5, 0.6) is 5.75 Å². The van der Waals surface area contributed by atoms with E-state index in [1.807, 2.05) is 0 Å². The van der Waals surface area contributed by atoms with Gasteiger partial charge in [0.15, 0.2) is 0 Å². The van der Waals surface area contributed by atoms with Crippen LogP contribution in [0.25, 0.3) is 0 Å². The molecule has 2 aromatic carbocycles. The van der Waals surface area contributed by atoms with Crippen LogP contribution in [0, 0.1) is 5.82 Å². The molecule has 0 aliphatic rings. The van der Waals surface area contributed by atoms with Crippen LogP contribution in [0.2, 0.25) is 0 Å². The minimum atomic E-state index is -3.61. The number of nitrogens with one attached hydrogen (secondary N) is 1. The number of anilines is 1. The van der Waals surface area contributed by atoms with Crippen molar-refractivity contribution >= 4 is 27.5 Å². The number of hydrogen-bond acceptors (Lipinski definition) is 5. The lowest BCUT2D eigenvalue weighted by Crippen LogP contribution is -2.47. The first-order valence-electron chi connectivity index (χ1n) is 10.4. The molecule has 0 spiro atoms. The van der Waals surface area contributed by atoms with Crippen LogP contribution in [-0.4, -0.2) is 58.1 Å². The van der Waals surface area contributed by atoms with Crippen molar-refractivity contribution in [3.8, 4) is 5.75 Å². The molecule has 0 aliphatic carbocycles. The Morgan fingerprint density at radius 2 is 1.85 bits per heavy atom. The van der Waals surface area contributed by atoms with E-state index in [4.69, 9.17) is 4.74 Å².